The van der Waals surface area contributed by atoms with Crippen molar-refractivity contribution in [2.45, 2.75) is 26.8 Å². The minimum atomic E-state index is 0.706. The number of nitrogens with two attached hydrogens (primary N) is 1. The normalized spacial score (nSPS) is 10.8. The van der Waals surface area contributed by atoms with Crippen LogP contribution in [0.2, 0.25) is 0 Å². The van der Waals surface area contributed by atoms with E-state index in [9.17, 15) is 0 Å². The van der Waals surface area contributed by atoms with Gasteiger partial charge in [0.25, 0.3) is 0 Å². The van der Waals surface area contributed by atoms with Crippen LogP contribution in [-0.2, 0) is 11.3 Å². The predicted octanol–water partition coefficient (Wildman–Crippen LogP) is 1.66. The van der Waals surface area contributed by atoms with Crippen LogP contribution in [0.4, 0.5) is 5.69 Å². The number of hydrogen-bond acceptors (Lipinski definition) is 5. The fraction of sp³-hybridized carbons (Fsp3) is 0.462. The molecule has 2 N–H and O–H groups in total. The zero-order valence-corrected chi connectivity index (χ0v) is 11.3. The summed E-state index contributed by atoms with van der Waals surface area (Å²) in [5, 5.41) is 11.8. The maximum atomic E-state index is 6.09. The first kappa shape index (κ1) is 13.5. The lowest BCUT2D eigenvalue weighted by atomic mass is 10.1. The van der Waals surface area contributed by atoms with E-state index in [4.69, 9.17) is 10.5 Å². The number of tetrazole rings is 1. The van der Waals surface area contributed by atoms with E-state index in [1.54, 1.807) is 4.68 Å². The minimum absolute atomic E-state index is 0.706. The van der Waals surface area contributed by atoms with Gasteiger partial charge in [0, 0.05) is 31.0 Å². The van der Waals surface area contributed by atoms with Crippen LogP contribution in [-0.4, -0.2) is 33.4 Å². The van der Waals surface area contributed by atoms with Crippen LogP contribution in [0.25, 0.3) is 11.4 Å². The molecule has 0 saturated carbocycles. The molecule has 0 bridgehead atoms. The van der Waals surface area contributed by atoms with Crippen molar-refractivity contribution in [2.75, 3.05) is 18.9 Å². The number of nitrogens with zero attached hydrogens (tertiary/aromatic N) is 4. The third-order valence-electron chi connectivity index (χ3n) is 2.96. The summed E-state index contributed by atoms with van der Waals surface area (Å²) in [7, 11) is 0. The molecule has 0 radical (unpaired) electrons. The highest BCUT2D eigenvalue weighted by molar-refractivity contribution is 5.73. The van der Waals surface area contributed by atoms with Crippen LogP contribution in [0.3, 0.4) is 0 Å². The van der Waals surface area contributed by atoms with E-state index in [0.29, 0.717) is 12.4 Å². The first-order valence-corrected chi connectivity index (χ1v) is 6.43. The van der Waals surface area contributed by atoms with Gasteiger partial charge in [0.05, 0.1) is 0 Å². The van der Waals surface area contributed by atoms with Crippen molar-refractivity contribution in [2.24, 2.45) is 0 Å². The van der Waals surface area contributed by atoms with E-state index < -0.39 is 0 Å². The molecule has 6 nitrogen and oxygen atoms in total. The van der Waals surface area contributed by atoms with Gasteiger partial charge in [-0.05, 0) is 42.3 Å². The Morgan fingerprint density at radius 3 is 3.00 bits per heavy atom. The fourth-order valence-electron chi connectivity index (χ4n) is 1.88. The maximum Gasteiger partial charge on any atom is 0.184 e. The Morgan fingerprint density at radius 2 is 2.21 bits per heavy atom. The van der Waals surface area contributed by atoms with E-state index in [1.807, 2.05) is 32.0 Å². The highest BCUT2D eigenvalue weighted by Crippen LogP contribution is 2.25. The molecule has 2 aromatic rings. The van der Waals surface area contributed by atoms with Crippen molar-refractivity contribution < 1.29 is 4.74 Å². The van der Waals surface area contributed by atoms with Gasteiger partial charge in [0.15, 0.2) is 5.82 Å². The van der Waals surface area contributed by atoms with Crippen LogP contribution in [0.5, 0.6) is 0 Å². The van der Waals surface area contributed by atoms with Gasteiger partial charge in [-0.2, -0.15) is 0 Å². The lowest BCUT2D eigenvalue weighted by Gasteiger charge is -2.08. The first-order chi connectivity index (χ1) is 9.24. The van der Waals surface area contributed by atoms with Crippen LogP contribution >= 0.6 is 0 Å². The van der Waals surface area contributed by atoms with Crippen molar-refractivity contribution >= 4 is 5.69 Å². The Hall–Kier alpha value is -1.95. The Kier molecular flexibility index (Phi) is 4.46. The number of ether oxygens (including phenoxy) is 1. The molecule has 0 amide bonds. The van der Waals surface area contributed by atoms with Gasteiger partial charge >= 0.3 is 0 Å². The van der Waals surface area contributed by atoms with Crippen LogP contribution in [0, 0.1) is 6.92 Å². The second-order valence-electron chi connectivity index (χ2n) is 4.31. The third-order valence-corrected chi connectivity index (χ3v) is 2.96. The molecule has 0 atom stereocenters. The smallest absolute Gasteiger partial charge is 0.184 e. The topological polar surface area (TPSA) is 78.8 Å². The molecule has 19 heavy (non-hydrogen) atoms. The zero-order valence-electron chi connectivity index (χ0n) is 11.3. The second-order valence-corrected chi connectivity index (χ2v) is 4.31. The van der Waals surface area contributed by atoms with E-state index in [0.717, 1.165) is 36.4 Å². The molecule has 0 fully saturated rings. The Morgan fingerprint density at radius 1 is 1.37 bits per heavy atom. The number of para-hydroxylation sites is 1. The number of benzene rings is 1. The molecule has 2 rings (SSSR count). The van der Waals surface area contributed by atoms with Gasteiger partial charge < -0.3 is 10.5 Å². The van der Waals surface area contributed by atoms with Crippen molar-refractivity contribution in [1.29, 1.82) is 0 Å². The minimum Gasteiger partial charge on any atom is -0.398 e. The zero-order chi connectivity index (χ0) is 13.7. The Labute approximate surface area is 112 Å². The second kappa shape index (κ2) is 6.29. The summed E-state index contributed by atoms with van der Waals surface area (Å²) < 4.78 is 7.08. The van der Waals surface area contributed by atoms with E-state index in [-0.39, 0.29) is 0 Å². The molecule has 0 aliphatic heterocycles. The number of nitrogen functional groups attached to an aromatic ring is 1. The highest BCUT2D eigenvalue weighted by Gasteiger charge is 2.12. The Balaban J connectivity index is 2.17. The third kappa shape index (κ3) is 3.08. The molecule has 0 aliphatic carbocycles. The summed E-state index contributed by atoms with van der Waals surface area (Å²) in [6.07, 6.45) is 0.873. The summed E-state index contributed by atoms with van der Waals surface area (Å²) in [5.74, 6) is 0.706. The van der Waals surface area contributed by atoms with Gasteiger partial charge in [0.2, 0.25) is 0 Å². The lowest BCUT2D eigenvalue weighted by molar-refractivity contribution is 0.141. The van der Waals surface area contributed by atoms with Crippen molar-refractivity contribution in [1.82, 2.24) is 20.2 Å². The van der Waals surface area contributed by atoms with Gasteiger partial charge in [-0.15, -0.1) is 5.10 Å². The maximum absolute atomic E-state index is 6.09. The average Bonchev–Trinajstić information content (AvgIpc) is 2.86. The monoisotopic (exact) mass is 261 g/mol. The van der Waals surface area contributed by atoms with E-state index in [1.165, 1.54) is 0 Å². The first-order valence-electron chi connectivity index (χ1n) is 6.43. The molecule has 0 spiro atoms. The summed E-state index contributed by atoms with van der Waals surface area (Å²) >= 11 is 0. The molecule has 6 heteroatoms. The summed E-state index contributed by atoms with van der Waals surface area (Å²) in [4.78, 5) is 0. The van der Waals surface area contributed by atoms with Crippen molar-refractivity contribution in [3.05, 3.63) is 23.8 Å². The number of aromatic nitrogens is 4. The van der Waals surface area contributed by atoms with Crippen LogP contribution in [0.15, 0.2) is 18.2 Å². The molecule has 0 saturated heterocycles. The largest absolute Gasteiger partial charge is 0.398 e. The molecular weight excluding hydrogens is 242 g/mol. The molecule has 0 aliphatic rings. The predicted molar refractivity (Wildman–Crippen MR) is 73.5 cm³/mol. The lowest BCUT2D eigenvalue weighted by Crippen LogP contribution is -2.07. The number of rotatable bonds is 6. The number of anilines is 1. The standard InChI is InChI=1S/C13H19N5O/c1-3-19-9-5-8-18-13(15-16-17-18)11-7-4-6-10(2)12(11)14/h4,6-7H,3,5,8-9,14H2,1-2H3. The molecule has 0 unspecified atom stereocenters. The van der Waals surface area contributed by atoms with E-state index >= 15 is 0 Å². The van der Waals surface area contributed by atoms with Crippen LogP contribution in [0.1, 0.15) is 18.9 Å². The average molecular weight is 261 g/mol. The van der Waals surface area contributed by atoms with Gasteiger partial charge in [-0.3, -0.25) is 0 Å². The quantitative estimate of drug-likeness (QED) is 0.632. The Bertz CT molecular complexity index is 538. The SMILES string of the molecule is CCOCCCn1nnnc1-c1cccc(C)c1N. The summed E-state index contributed by atoms with van der Waals surface area (Å²) in [6.45, 7) is 6.11. The fourth-order valence-corrected chi connectivity index (χ4v) is 1.88. The van der Waals surface area contributed by atoms with E-state index in [2.05, 4.69) is 15.5 Å². The molecular formula is C13H19N5O. The summed E-state index contributed by atoms with van der Waals surface area (Å²) in [6, 6.07) is 5.87. The van der Waals surface area contributed by atoms with Gasteiger partial charge in [-0.25, -0.2) is 4.68 Å². The number of aryl methyl sites for hydroxylation is 2. The molecule has 1 aromatic heterocycles. The highest BCUT2D eigenvalue weighted by atomic mass is 16.5. The molecule has 1 aromatic carbocycles. The van der Waals surface area contributed by atoms with Crippen molar-refractivity contribution in [3.8, 4) is 11.4 Å². The molecule has 1 heterocycles. The van der Waals surface area contributed by atoms with Crippen molar-refractivity contribution in [3.63, 3.8) is 0 Å². The van der Waals surface area contributed by atoms with Crippen LogP contribution < -0.4 is 5.73 Å². The van der Waals surface area contributed by atoms with Gasteiger partial charge in [-0.1, -0.05) is 12.1 Å². The number of hydrogen-bond donors (Lipinski definition) is 1. The summed E-state index contributed by atoms with van der Waals surface area (Å²) in [5.41, 5.74) is 8.72. The molecule has 102 valence electrons. The van der Waals surface area contributed by atoms with Gasteiger partial charge in [0.1, 0.15) is 0 Å².